The zero-order valence-electron chi connectivity index (χ0n) is 17.1. The molecule has 1 aromatic carbocycles. The fraction of sp³-hybridized carbons (Fsp3) is 0.500. The van der Waals surface area contributed by atoms with Crippen LogP contribution in [0.15, 0.2) is 36.4 Å². The number of piperidine rings is 1. The second-order valence-electron chi connectivity index (χ2n) is 8.00. The van der Waals surface area contributed by atoms with Crippen molar-refractivity contribution in [2.24, 2.45) is 5.92 Å². The van der Waals surface area contributed by atoms with Crippen molar-refractivity contribution >= 4 is 11.7 Å². The Kier molecular flexibility index (Phi) is 5.78. The van der Waals surface area contributed by atoms with Crippen LogP contribution in [-0.2, 0) is 9.47 Å². The molecule has 1 spiro atoms. The molecule has 1 N–H and O–H groups in total. The Labute approximate surface area is 171 Å². The minimum atomic E-state index is -0.441. The number of ether oxygens (including phenoxy) is 2. The summed E-state index contributed by atoms with van der Waals surface area (Å²) in [7, 11) is 0. The Hall–Kier alpha value is -2.51. The van der Waals surface area contributed by atoms with E-state index in [0.717, 1.165) is 37.3 Å². The number of aromatic nitrogens is 2. The van der Waals surface area contributed by atoms with Crippen molar-refractivity contribution in [3.8, 4) is 11.4 Å². The van der Waals surface area contributed by atoms with Gasteiger partial charge in [-0.2, -0.15) is 0 Å². The summed E-state index contributed by atoms with van der Waals surface area (Å²) in [6.07, 6.45) is 1.57. The smallest absolute Gasteiger partial charge is 0.270 e. The number of carbonyl (C=O) groups excluding carboxylic acids is 1. The van der Waals surface area contributed by atoms with Crippen molar-refractivity contribution in [2.45, 2.75) is 32.5 Å². The molecule has 2 aliphatic rings. The van der Waals surface area contributed by atoms with E-state index < -0.39 is 5.79 Å². The highest BCUT2D eigenvalue weighted by atomic mass is 16.7. The molecule has 0 saturated carbocycles. The van der Waals surface area contributed by atoms with E-state index in [1.807, 2.05) is 30.3 Å². The van der Waals surface area contributed by atoms with Gasteiger partial charge in [0.25, 0.3) is 5.91 Å². The Morgan fingerprint density at radius 2 is 1.83 bits per heavy atom. The highest BCUT2D eigenvalue weighted by Crippen LogP contribution is 2.33. The van der Waals surface area contributed by atoms with E-state index in [4.69, 9.17) is 14.5 Å². The molecule has 0 atom stereocenters. The van der Waals surface area contributed by atoms with Crippen molar-refractivity contribution in [3.05, 3.63) is 42.1 Å². The Morgan fingerprint density at radius 3 is 2.48 bits per heavy atom. The summed E-state index contributed by atoms with van der Waals surface area (Å²) in [5.41, 5.74) is 1.28. The number of nitrogens with one attached hydrogen (secondary N) is 1. The number of benzene rings is 1. The molecular formula is C22H28N4O3. The second kappa shape index (κ2) is 8.47. The number of anilines is 1. The van der Waals surface area contributed by atoms with E-state index in [1.165, 1.54) is 0 Å². The molecule has 2 saturated heterocycles. The Balaban J connectivity index is 1.60. The van der Waals surface area contributed by atoms with Gasteiger partial charge in [0.15, 0.2) is 11.6 Å². The lowest BCUT2D eigenvalue weighted by Gasteiger charge is -2.38. The van der Waals surface area contributed by atoms with E-state index in [1.54, 1.807) is 6.07 Å². The monoisotopic (exact) mass is 396 g/mol. The number of carbonyl (C=O) groups is 1. The summed E-state index contributed by atoms with van der Waals surface area (Å²) in [4.78, 5) is 24.2. The maximum absolute atomic E-state index is 12.7. The molecule has 0 aliphatic carbocycles. The van der Waals surface area contributed by atoms with Crippen molar-refractivity contribution in [1.29, 1.82) is 0 Å². The molecule has 3 heterocycles. The van der Waals surface area contributed by atoms with Crippen molar-refractivity contribution in [3.63, 3.8) is 0 Å². The summed E-state index contributed by atoms with van der Waals surface area (Å²) < 4.78 is 11.7. The van der Waals surface area contributed by atoms with E-state index >= 15 is 0 Å². The van der Waals surface area contributed by atoms with Crippen LogP contribution in [0.2, 0.25) is 0 Å². The fourth-order valence-electron chi connectivity index (χ4n) is 3.68. The largest absolute Gasteiger partial charge is 0.356 e. The van der Waals surface area contributed by atoms with Gasteiger partial charge in [-0.15, -0.1) is 0 Å². The van der Waals surface area contributed by atoms with Crippen LogP contribution in [0.3, 0.4) is 0 Å². The number of hydrogen-bond donors (Lipinski definition) is 1. The van der Waals surface area contributed by atoms with Gasteiger partial charge < -0.3 is 19.7 Å². The normalized spacial score (nSPS) is 18.4. The third-order valence-corrected chi connectivity index (χ3v) is 5.31. The van der Waals surface area contributed by atoms with Crippen LogP contribution in [0.5, 0.6) is 0 Å². The van der Waals surface area contributed by atoms with Crippen LogP contribution in [0.4, 0.5) is 5.82 Å². The highest BCUT2D eigenvalue weighted by Gasteiger charge is 2.40. The van der Waals surface area contributed by atoms with Gasteiger partial charge in [0.1, 0.15) is 11.5 Å². The molecule has 29 heavy (non-hydrogen) atoms. The first kappa shape index (κ1) is 19.8. The van der Waals surface area contributed by atoms with Gasteiger partial charge in [-0.3, -0.25) is 4.79 Å². The first-order valence-corrected chi connectivity index (χ1v) is 10.3. The standard InChI is InChI=1S/C22H28N4O3/c1-16(2)15-23-21(27)18-14-19(25-20(24-18)17-6-4-3-5-7-17)26-10-8-22(9-11-26)28-12-13-29-22/h3-7,14,16H,8-13,15H2,1-2H3,(H,23,27). The third-order valence-electron chi connectivity index (χ3n) is 5.31. The van der Waals surface area contributed by atoms with Gasteiger partial charge in [0, 0.05) is 44.1 Å². The number of nitrogens with zero attached hydrogens (tertiary/aromatic N) is 3. The molecule has 154 valence electrons. The summed E-state index contributed by atoms with van der Waals surface area (Å²) >= 11 is 0. The van der Waals surface area contributed by atoms with Gasteiger partial charge >= 0.3 is 0 Å². The molecule has 1 amide bonds. The van der Waals surface area contributed by atoms with Crippen LogP contribution in [0, 0.1) is 5.92 Å². The number of amides is 1. The third kappa shape index (κ3) is 4.57. The SMILES string of the molecule is CC(C)CNC(=O)c1cc(N2CCC3(CC2)OCCO3)nc(-c2ccccc2)n1. The van der Waals surface area contributed by atoms with Crippen LogP contribution in [-0.4, -0.2) is 54.5 Å². The van der Waals surface area contributed by atoms with Crippen LogP contribution < -0.4 is 10.2 Å². The van der Waals surface area contributed by atoms with Gasteiger partial charge in [-0.1, -0.05) is 44.2 Å². The van der Waals surface area contributed by atoms with Crippen LogP contribution in [0.25, 0.3) is 11.4 Å². The molecular weight excluding hydrogens is 368 g/mol. The molecule has 7 nitrogen and oxygen atoms in total. The molecule has 1 aromatic heterocycles. The Morgan fingerprint density at radius 1 is 1.14 bits per heavy atom. The molecule has 0 unspecified atom stereocenters. The minimum Gasteiger partial charge on any atom is -0.356 e. The van der Waals surface area contributed by atoms with Gasteiger partial charge in [0.05, 0.1) is 13.2 Å². The molecule has 0 bridgehead atoms. The lowest BCUT2D eigenvalue weighted by Crippen LogP contribution is -2.45. The summed E-state index contributed by atoms with van der Waals surface area (Å²) in [6.45, 7) is 7.59. The molecule has 2 aromatic rings. The van der Waals surface area contributed by atoms with E-state index in [9.17, 15) is 4.79 Å². The van der Waals surface area contributed by atoms with Gasteiger partial charge in [-0.25, -0.2) is 9.97 Å². The predicted octanol–water partition coefficient (Wildman–Crippen LogP) is 2.87. The first-order chi connectivity index (χ1) is 14.0. The maximum atomic E-state index is 12.7. The molecule has 2 fully saturated rings. The lowest BCUT2D eigenvalue weighted by molar-refractivity contribution is -0.169. The topological polar surface area (TPSA) is 76.6 Å². The van der Waals surface area contributed by atoms with Crippen molar-refractivity contribution < 1.29 is 14.3 Å². The van der Waals surface area contributed by atoms with E-state index in [0.29, 0.717) is 37.2 Å². The van der Waals surface area contributed by atoms with Gasteiger partial charge in [0.2, 0.25) is 0 Å². The zero-order valence-corrected chi connectivity index (χ0v) is 17.1. The Bertz CT molecular complexity index is 840. The summed E-state index contributed by atoms with van der Waals surface area (Å²) in [6, 6.07) is 11.6. The first-order valence-electron chi connectivity index (χ1n) is 10.3. The van der Waals surface area contributed by atoms with Crippen LogP contribution in [0.1, 0.15) is 37.2 Å². The molecule has 7 heteroatoms. The predicted molar refractivity (Wildman–Crippen MR) is 111 cm³/mol. The van der Waals surface area contributed by atoms with E-state index in [-0.39, 0.29) is 5.91 Å². The zero-order chi connectivity index (χ0) is 20.3. The average Bonchev–Trinajstić information content (AvgIpc) is 3.20. The fourth-order valence-corrected chi connectivity index (χ4v) is 3.68. The molecule has 4 rings (SSSR count). The molecule has 2 aliphatic heterocycles. The van der Waals surface area contributed by atoms with Crippen molar-refractivity contribution in [1.82, 2.24) is 15.3 Å². The highest BCUT2D eigenvalue weighted by molar-refractivity contribution is 5.93. The summed E-state index contributed by atoms with van der Waals surface area (Å²) in [5.74, 6) is 1.09. The minimum absolute atomic E-state index is 0.171. The lowest BCUT2D eigenvalue weighted by atomic mass is 10.0. The summed E-state index contributed by atoms with van der Waals surface area (Å²) in [5, 5.41) is 2.96. The van der Waals surface area contributed by atoms with Gasteiger partial charge in [-0.05, 0) is 5.92 Å². The second-order valence-corrected chi connectivity index (χ2v) is 8.00. The average molecular weight is 396 g/mol. The quantitative estimate of drug-likeness (QED) is 0.838. The number of rotatable bonds is 5. The van der Waals surface area contributed by atoms with E-state index in [2.05, 4.69) is 29.0 Å². The van der Waals surface area contributed by atoms with Crippen molar-refractivity contribution in [2.75, 3.05) is 37.7 Å². The number of hydrogen-bond acceptors (Lipinski definition) is 6. The molecule has 0 radical (unpaired) electrons. The maximum Gasteiger partial charge on any atom is 0.270 e. The van der Waals surface area contributed by atoms with Crippen LogP contribution >= 0.6 is 0 Å².